The van der Waals surface area contributed by atoms with Crippen LogP contribution in [0, 0.1) is 12.4 Å². The highest BCUT2D eigenvalue weighted by molar-refractivity contribution is 5.91. The number of hydrogen-bond donors (Lipinski definition) is 0. The van der Waals surface area contributed by atoms with Crippen LogP contribution in [0.25, 0.3) is 15.7 Å². The second kappa shape index (κ2) is 8.46. The van der Waals surface area contributed by atoms with Gasteiger partial charge in [-0.15, -0.1) is 0 Å². The minimum Gasteiger partial charge on any atom is -0.450 e. The lowest BCUT2D eigenvalue weighted by Gasteiger charge is -2.29. The van der Waals surface area contributed by atoms with Gasteiger partial charge in [-0.2, -0.15) is 13.2 Å². The van der Waals surface area contributed by atoms with Gasteiger partial charge in [0, 0.05) is 30.4 Å². The average molecular weight is 446 g/mol. The minimum atomic E-state index is -4.75. The van der Waals surface area contributed by atoms with Gasteiger partial charge in [0.25, 0.3) is 0 Å². The van der Waals surface area contributed by atoms with E-state index in [0.717, 1.165) is 19.1 Å². The van der Waals surface area contributed by atoms with Gasteiger partial charge in [0.1, 0.15) is 5.82 Å². The molecule has 0 amide bonds. The topological polar surface area (TPSA) is 52.7 Å². The highest BCUT2D eigenvalue weighted by atomic mass is 19.4. The number of rotatable bonds is 6. The van der Waals surface area contributed by atoms with Gasteiger partial charge >= 0.3 is 12.1 Å². The van der Waals surface area contributed by atoms with Crippen molar-refractivity contribution in [1.29, 1.82) is 0 Å². The molecular formula is C23H18F4N2O3. The molecule has 5 nitrogen and oxygen atoms in total. The number of nitrogens with zero attached hydrogens (tertiary/aromatic N) is 2. The zero-order valence-electron chi connectivity index (χ0n) is 17.2. The van der Waals surface area contributed by atoms with Crippen molar-refractivity contribution >= 4 is 28.3 Å². The molecule has 32 heavy (non-hydrogen) atoms. The SMILES string of the molecule is [C-]#[N+]c1ccc(CC(=O)[C@](C)(Cn2ccc3cc(F)ccc32)OC(C)=O)cc1C(F)(F)F. The summed E-state index contributed by atoms with van der Waals surface area (Å²) in [4.78, 5) is 27.7. The summed E-state index contributed by atoms with van der Waals surface area (Å²) in [6.07, 6.45) is -3.60. The summed E-state index contributed by atoms with van der Waals surface area (Å²) in [7, 11) is 0. The third kappa shape index (κ3) is 4.80. The van der Waals surface area contributed by atoms with Crippen LogP contribution in [0.1, 0.15) is 25.0 Å². The Labute approximate surface area is 181 Å². The molecule has 0 aliphatic rings. The minimum absolute atomic E-state index is 0.0348. The number of carbonyl (C=O) groups excluding carboxylic acids is 2. The fourth-order valence-corrected chi connectivity index (χ4v) is 3.52. The zero-order valence-corrected chi connectivity index (χ0v) is 17.2. The second-order valence-corrected chi connectivity index (χ2v) is 7.53. The Bertz CT molecular complexity index is 1240. The molecule has 166 valence electrons. The molecule has 0 unspecified atom stereocenters. The van der Waals surface area contributed by atoms with E-state index < -0.39 is 47.0 Å². The number of halogens is 4. The van der Waals surface area contributed by atoms with Gasteiger partial charge in [0.2, 0.25) is 0 Å². The standard InChI is InChI=1S/C23H18F4N2O3/c1-14(30)32-22(2,13-29-9-8-16-12-17(24)5-7-20(16)29)21(31)11-15-4-6-19(28-3)18(10-15)23(25,26)27/h4-10,12H,11,13H2,1-2H3/t22-/m0/s1. The Hall–Kier alpha value is -3.67. The highest BCUT2D eigenvalue weighted by Gasteiger charge is 2.38. The summed E-state index contributed by atoms with van der Waals surface area (Å²) in [5.74, 6) is -1.79. The van der Waals surface area contributed by atoms with Gasteiger partial charge in [-0.3, -0.25) is 9.59 Å². The molecule has 0 radical (unpaired) electrons. The van der Waals surface area contributed by atoms with Gasteiger partial charge in [-0.1, -0.05) is 18.2 Å². The highest BCUT2D eigenvalue weighted by Crippen LogP contribution is 2.37. The lowest BCUT2D eigenvalue weighted by molar-refractivity contribution is -0.165. The number of alkyl halides is 3. The van der Waals surface area contributed by atoms with E-state index in [0.29, 0.717) is 10.9 Å². The summed E-state index contributed by atoms with van der Waals surface area (Å²) in [6.45, 7) is 9.30. The Morgan fingerprint density at radius 3 is 2.47 bits per heavy atom. The number of ketones is 1. The largest absolute Gasteiger partial charge is 0.450 e. The van der Waals surface area contributed by atoms with Crippen molar-refractivity contribution in [3.05, 3.63) is 77.0 Å². The Kier molecular flexibility index (Phi) is 6.08. The van der Waals surface area contributed by atoms with Crippen LogP contribution in [0.2, 0.25) is 0 Å². The van der Waals surface area contributed by atoms with E-state index in [2.05, 4.69) is 4.85 Å². The van der Waals surface area contributed by atoms with Gasteiger partial charge in [0.05, 0.1) is 18.7 Å². The number of ether oxygens (including phenoxy) is 1. The molecule has 2 aromatic carbocycles. The van der Waals surface area contributed by atoms with Gasteiger partial charge < -0.3 is 9.30 Å². The van der Waals surface area contributed by atoms with Crippen molar-refractivity contribution in [3.63, 3.8) is 0 Å². The summed E-state index contributed by atoms with van der Waals surface area (Å²) in [6, 6.07) is 8.75. The predicted octanol–water partition coefficient (Wildman–Crippen LogP) is 5.48. The van der Waals surface area contributed by atoms with Crippen molar-refractivity contribution in [3.8, 4) is 0 Å². The molecule has 3 rings (SSSR count). The molecule has 0 aliphatic carbocycles. The number of carbonyl (C=O) groups is 2. The number of aromatic nitrogens is 1. The van der Waals surface area contributed by atoms with Crippen LogP contribution in [0.3, 0.4) is 0 Å². The molecule has 0 N–H and O–H groups in total. The van der Waals surface area contributed by atoms with Gasteiger partial charge in [-0.25, -0.2) is 9.24 Å². The molecule has 0 saturated heterocycles. The lowest BCUT2D eigenvalue weighted by Crippen LogP contribution is -2.44. The van der Waals surface area contributed by atoms with Crippen molar-refractivity contribution < 1.29 is 31.9 Å². The molecule has 1 aromatic heterocycles. The summed E-state index contributed by atoms with van der Waals surface area (Å²) in [5.41, 5.74) is -2.76. The first-order valence-electron chi connectivity index (χ1n) is 9.48. The number of esters is 1. The third-order valence-corrected chi connectivity index (χ3v) is 5.02. The second-order valence-electron chi connectivity index (χ2n) is 7.53. The van der Waals surface area contributed by atoms with E-state index in [9.17, 15) is 27.2 Å². The number of benzene rings is 2. The third-order valence-electron chi connectivity index (χ3n) is 5.02. The normalized spacial score (nSPS) is 13.4. The lowest BCUT2D eigenvalue weighted by atomic mass is 9.93. The summed E-state index contributed by atoms with van der Waals surface area (Å²) < 4.78 is 60.2. The molecule has 0 aliphatic heterocycles. The fourth-order valence-electron chi connectivity index (χ4n) is 3.52. The first kappa shape index (κ1) is 23.0. The van der Waals surface area contributed by atoms with Crippen molar-refractivity contribution in [2.75, 3.05) is 0 Å². The molecule has 1 atom stereocenters. The first-order chi connectivity index (χ1) is 14.9. The quantitative estimate of drug-likeness (QED) is 0.286. The van der Waals surface area contributed by atoms with Gasteiger partial charge in [-0.05, 0) is 36.8 Å². The molecule has 3 aromatic rings. The maximum atomic E-state index is 13.5. The predicted molar refractivity (Wildman–Crippen MR) is 108 cm³/mol. The first-order valence-corrected chi connectivity index (χ1v) is 9.48. The van der Waals surface area contributed by atoms with Crippen LogP contribution < -0.4 is 0 Å². The van der Waals surface area contributed by atoms with Crippen LogP contribution >= 0.6 is 0 Å². The van der Waals surface area contributed by atoms with E-state index in [4.69, 9.17) is 11.3 Å². The van der Waals surface area contributed by atoms with Gasteiger partial charge in [0.15, 0.2) is 17.1 Å². The summed E-state index contributed by atoms with van der Waals surface area (Å²) in [5, 5.41) is 0.576. The van der Waals surface area contributed by atoms with E-state index >= 15 is 0 Å². The molecule has 0 fully saturated rings. The smallest absolute Gasteiger partial charge is 0.407 e. The van der Waals surface area contributed by atoms with Crippen molar-refractivity contribution in [2.24, 2.45) is 0 Å². The van der Waals surface area contributed by atoms with E-state index in [-0.39, 0.29) is 12.1 Å². The number of fused-ring (bicyclic) bond motifs is 1. The average Bonchev–Trinajstić information content (AvgIpc) is 3.08. The number of Topliss-reactive ketones (excluding diaryl/α,β-unsaturated/α-hetero) is 1. The fraction of sp³-hybridized carbons (Fsp3) is 0.261. The molecule has 1 heterocycles. The Morgan fingerprint density at radius 1 is 1.12 bits per heavy atom. The molecule has 0 bridgehead atoms. The van der Waals surface area contributed by atoms with Crippen LogP contribution in [-0.4, -0.2) is 21.9 Å². The van der Waals surface area contributed by atoms with Crippen LogP contribution in [0.15, 0.2) is 48.7 Å². The molecule has 9 heteroatoms. The zero-order chi connectivity index (χ0) is 23.7. The van der Waals surface area contributed by atoms with Crippen LogP contribution in [0.4, 0.5) is 23.2 Å². The van der Waals surface area contributed by atoms with E-state index in [1.165, 1.54) is 31.2 Å². The van der Waals surface area contributed by atoms with Crippen LogP contribution in [-0.2, 0) is 33.5 Å². The molecular weight excluding hydrogens is 428 g/mol. The maximum Gasteiger partial charge on any atom is 0.407 e. The molecule has 0 spiro atoms. The Balaban J connectivity index is 1.94. The Morgan fingerprint density at radius 2 is 1.84 bits per heavy atom. The van der Waals surface area contributed by atoms with E-state index in [1.54, 1.807) is 16.8 Å². The number of hydrogen-bond acceptors (Lipinski definition) is 3. The van der Waals surface area contributed by atoms with Crippen molar-refractivity contribution in [1.82, 2.24) is 4.57 Å². The van der Waals surface area contributed by atoms with Crippen molar-refractivity contribution in [2.45, 2.75) is 38.6 Å². The van der Waals surface area contributed by atoms with Crippen LogP contribution in [0.5, 0.6) is 0 Å². The monoisotopic (exact) mass is 446 g/mol. The molecule has 0 saturated carbocycles. The maximum absolute atomic E-state index is 13.5. The van der Waals surface area contributed by atoms with E-state index in [1.807, 2.05) is 0 Å². The summed E-state index contributed by atoms with van der Waals surface area (Å²) >= 11 is 0.